The van der Waals surface area contributed by atoms with Gasteiger partial charge in [-0.15, -0.1) is 0 Å². The van der Waals surface area contributed by atoms with E-state index in [9.17, 15) is 0 Å². The topological polar surface area (TPSA) is 25.8 Å². The summed E-state index contributed by atoms with van der Waals surface area (Å²) >= 11 is 8.41. The number of hydrogen-bond acceptors (Lipinski definition) is 2. The van der Waals surface area contributed by atoms with Crippen LogP contribution in [0.2, 0.25) is 5.15 Å². The molecule has 0 saturated heterocycles. The summed E-state index contributed by atoms with van der Waals surface area (Å²) in [7, 11) is 0. The summed E-state index contributed by atoms with van der Waals surface area (Å²) in [5, 5.41) is 2.92. The predicted octanol–water partition coefficient (Wildman–Crippen LogP) is 5.12. The number of rotatable bonds is 2. The summed E-state index contributed by atoms with van der Waals surface area (Å²) in [5.41, 5.74) is 1.99. The molecule has 3 rings (SSSR count). The maximum atomic E-state index is 6.21. The van der Waals surface area contributed by atoms with Crippen LogP contribution in [0.1, 0.15) is 12.6 Å². The van der Waals surface area contributed by atoms with Crippen molar-refractivity contribution in [3.63, 3.8) is 0 Å². The molecule has 0 aliphatic carbocycles. The van der Waals surface area contributed by atoms with Gasteiger partial charge < -0.3 is 0 Å². The Hall–Kier alpha value is -1.20. The largest absolute Gasteiger partial charge is 0.232 e. The van der Waals surface area contributed by atoms with Gasteiger partial charge in [0.1, 0.15) is 5.15 Å². The summed E-state index contributed by atoms with van der Waals surface area (Å²) in [5.74, 6) is 0.693. The summed E-state index contributed by atoms with van der Waals surface area (Å²) in [6.07, 6.45) is 0.848. The average molecular weight is 395 g/mol. The molecule has 1 heterocycles. The molecule has 0 N–H and O–H groups in total. The van der Waals surface area contributed by atoms with Gasteiger partial charge in [0.15, 0.2) is 5.82 Å². The van der Waals surface area contributed by atoms with Crippen molar-refractivity contribution in [1.29, 1.82) is 0 Å². The molecule has 0 radical (unpaired) electrons. The average Bonchev–Trinajstić information content (AvgIpc) is 2.49. The number of benzene rings is 2. The van der Waals surface area contributed by atoms with Gasteiger partial charge in [0, 0.05) is 5.56 Å². The lowest BCUT2D eigenvalue weighted by atomic mass is 10.1. The first-order chi connectivity index (χ1) is 9.69. The number of fused-ring (bicyclic) bond motifs is 1. The van der Waals surface area contributed by atoms with E-state index in [4.69, 9.17) is 11.6 Å². The maximum Gasteiger partial charge on any atom is 0.161 e. The summed E-state index contributed by atoms with van der Waals surface area (Å²) in [4.78, 5) is 9.03. The van der Waals surface area contributed by atoms with Crippen molar-refractivity contribution in [2.24, 2.45) is 0 Å². The molecule has 0 saturated carbocycles. The zero-order valence-electron chi connectivity index (χ0n) is 10.9. The molecule has 0 unspecified atom stereocenters. The van der Waals surface area contributed by atoms with Gasteiger partial charge in [0.25, 0.3) is 0 Å². The van der Waals surface area contributed by atoms with E-state index >= 15 is 0 Å². The fraction of sp³-hybridized carbons (Fsp3) is 0.125. The van der Waals surface area contributed by atoms with Gasteiger partial charge >= 0.3 is 0 Å². The number of aromatic nitrogens is 2. The van der Waals surface area contributed by atoms with Gasteiger partial charge in [-0.2, -0.15) is 0 Å². The lowest BCUT2D eigenvalue weighted by Gasteiger charge is -2.07. The van der Waals surface area contributed by atoms with Crippen LogP contribution < -0.4 is 0 Å². The molecule has 2 nitrogen and oxygen atoms in total. The Morgan fingerprint density at radius 3 is 2.55 bits per heavy atom. The molecular formula is C16H12ClIN2. The predicted molar refractivity (Wildman–Crippen MR) is 92.1 cm³/mol. The summed E-state index contributed by atoms with van der Waals surface area (Å²) in [6, 6.07) is 14.5. The molecule has 20 heavy (non-hydrogen) atoms. The third kappa shape index (κ3) is 2.52. The molecule has 3 aromatic rings. The smallest absolute Gasteiger partial charge is 0.161 e. The van der Waals surface area contributed by atoms with Crippen LogP contribution in [0.5, 0.6) is 0 Å². The van der Waals surface area contributed by atoms with Gasteiger partial charge in [0.2, 0.25) is 0 Å². The van der Waals surface area contributed by atoms with Gasteiger partial charge in [-0.1, -0.05) is 54.9 Å². The van der Waals surface area contributed by atoms with Crippen molar-refractivity contribution in [1.82, 2.24) is 9.97 Å². The molecule has 2 aromatic carbocycles. The van der Waals surface area contributed by atoms with Crippen LogP contribution >= 0.6 is 34.2 Å². The highest BCUT2D eigenvalue weighted by Crippen LogP contribution is 2.26. The Kier molecular flexibility index (Phi) is 3.89. The van der Waals surface area contributed by atoms with Crippen molar-refractivity contribution in [3.05, 3.63) is 56.9 Å². The third-order valence-corrected chi connectivity index (χ3v) is 4.95. The minimum absolute atomic E-state index is 0.528. The lowest BCUT2D eigenvalue weighted by molar-refractivity contribution is 0.989. The number of aryl methyl sites for hydroxylation is 1. The molecule has 0 fully saturated rings. The van der Waals surface area contributed by atoms with Crippen LogP contribution in [0.15, 0.2) is 42.5 Å². The van der Waals surface area contributed by atoms with E-state index in [-0.39, 0.29) is 0 Å². The second-order valence-electron chi connectivity index (χ2n) is 4.51. The molecular weight excluding hydrogens is 383 g/mol. The Morgan fingerprint density at radius 1 is 1.05 bits per heavy atom. The van der Waals surface area contributed by atoms with Gasteiger partial charge in [-0.05, 0) is 45.9 Å². The quantitative estimate of drug-likeness (QED) is 0.445. The van der Waals surface area contributed by atoms with Crippen molar-refractivity contribution in [2.75, 3.05) is 0 Å². The van der Waals surface area contributed by atoms with Gasteiger partial charge in [-0.3, -0.25) is 0 Å². The Labute approximate surface area is 136 Å². The second-order valence-corrected chi connectivity index (χ2v) is 5.95. The maximum absolute atomic E-state index is 6.21. The standard InChI is InChI=1S/C16H12ClIN2/c1-2-13-14(18)15(17)20-16(19-13)12-8-7-10-5-3-4-6-11(10)9-12/h3-9H,2H2,1H3. The van der Waals surface area contributed by atoms with E-state index in [0.29, 0.717) is 11.0 Å². The molecule has 100 valence electrons. The first kappa shape index (κ1) is 13.8. The summed E-state index contributed by atoms with van der Waals surface area (Å²) in [6.45, 7) is 2.07. The fourth-order valence-electron chi connectivity index (χ4n) is 2.15. The van der Waals surface area contributed by atoms with Crippen LogP contribution in [0.3, 0.4) is 0 Å². The monoisotopic (exact) mass is 394 g/mol. The zero-order valence-corrected chi connectivity index (χ0v) is 13.8. The van der Waals surface area contributed by atoms with E-state index in [1.165, 1.54) is 10.8 Å². The first-order valence-corrected chi connectivity index (χ1v) is 7.86. The highest BCUT2D eigenvalue weighted by atomic mass is 127. The minimum Gasteiger partial charge on any atom is -0.232 e. The van der Waals surface area contributed by atoms with E-state index < -0.39 is 0 Å². The van der Waals surface area contributed by atoms with Crippen LogP contribution in [0.25, 0.3) is 22.2 Å². The number of nitrogens with zero attached hydrogens (tertiary/aromatic N) is 2. The van der Waals surface area contributed by atoms with E-state index in [2.05, 4.69) is 63.7 Å². The second kappa shape index (κ2) is 5.66. The minimum atomic E-state index is 0.528. The van der Waals surface area contributed by atoms with E-state index in [0.717, 1.165) is 21.2 Å². The first-order valence-electron chi connectivity index (χ1n) is 6.40. The zero-order chi connectivity index (χ0) is 14.1. The normalized spacial score (nSPS) is 10.9. The highest BCUT2D eigenvalue weighted by Gasteiger charge is 2.11. The Bertz CT molecular complexity index is 787. The van der Waals surface area contributed by atoms with Gasteiger partial charge in [0.05, 0.1) is 9.26 Å². The molecule has 0 amide bonds. The fourth-order valence-corrected chi connectivity index (χ4v) is 2.97. The van der Waals surface area contributed by atoms with E-state index in [1.54, 1.807) is 0 Å². The molecule has 0 atom stereocenters. The van der Waals surface area contributed by atoms with Crippen molar-refractivity contribution in [3.8, 4) is 11.4 Å². The number of hydrogen-bond donors (Lipinski definition) is 0. The Morgan fingerprint density at radius 2 is 1.80 bits per heavy atom. The van der Waals surface area contributed by atoms with Crippen molar-refractivity contribution < 1.29 is 0 Å². The van der Waals surface area contributed by atoms with Crippen molar-refractivity contribution in [2.45, 2.75) is 13.3 Å². The van der Waals surface area contributed by atoms with Crippen LogP contribution in [-0.4, -0.2) is 9.97 Å². The highest BCUT2D eigenvalue weighted by molar-refractivity contribution is 14.1. The van der Waals surface area contributed by atoms with Crippen LogP contribution in [-0.2, 0) is 6.42 Å². The third-order valence-electron chi connectivity index (χ3n) is 3.22. The van der Waals surface area contributed by atoms with Crippen molar-refractivity contribution >= 4 is 45.0 Å². The number of halogens is 2. The molecule has 0 aliphatic rings. The van der Waals surface area contributed by atoms with E-state index in [1.807, 2.05) is 18.2 Å². The Balaban J connectivity index is 2.17. The van der Waals surface area contributed by atoms with Gasteiger partial charge in [-0.25, -0.2) is 9.97 Å². The van der Waals surface area contributed by atoms with Crippen LogP contribution in [0.4, 0.5) is 0 Å². The molecule has 0 spiro atoms. The lowest BCUT2D eigenvalue weighted by Crippen LogP contribution is -1.99. The van der Waals surface area contributed by atoms with Crippen LogP contribution in [0, 0.1) is 3.57 Å². The molecule has 0 aliphatic heterocycles. The summed E-state index contributed by atoms with van der Waals surface area (Å²) < 4.78 is 0.941. The SMILES string of the molecule is CCc1nc(-c2ccc3ccccc3c2)nc(Cl)c1I. The molecule has 4 heteroatoms. The molecule has 1 aromatic heterocycles. The molecule has 0 bridgehead atoms.